The van der Waals surface area contributed by atoms with Gasteiger partial charge in [-0.2, -0.15) is 0 Å². The Balaban J connectivity index is 1.92. The van der Waals surface area contributed by atoms with Crippen LogP contribution in [0.25, 0.3) is 0 Å². The quantitative estimate of drug-likeness (QED) is 0.817. The third kappa shape index (κ3) is 3.72. The van der Waals surface area contributed by atoms with Crippen LogP contribution in [0.1, 0.15) is 38.7 Å². The Kier molecular flexibility index (Phi) is 4.83. The first kappa shape index (κ1) is 13.9. The van der Waals surface area contributed by atoms with E-state index in [1.54, 1.807) is 0 Å². The highest BCUT2D eigenvalue weighted by Crippen LogP contribution is 2.26. The lowest BCUT2D eigenvalue weighted by molar-refractivity contribution is -0.129. The summed E-state index contributed by atoms with van der Waals surface area (Å²) in [5, 5.41) is 3.30. The predicted octanol–water partition coefficient (Wildman–Crippen LogP) is 3.06. The Bertz CT molecular complexity index is 427. The van der Waals surface area contributed by atoms with Gasteiger partial charge in [0.15, 0.2) is 0 Å². The molecule has 104 valence electrons. The number of amides is 1. The van der Waals surface area contributed by atoms with Crippen LogP contribution in [-0.4, -0.2) is 29.9 Å². The second-order valence-corrected chi connectivity index (χ2v) is 5.17. The van der Waals surface area contributed by atoms with Gasteiger partial charge in [0.25, 0.3) is 0 Å². The molecule has 0 bridgehead atoms. The number of carbonyl (C=O) groups excluding carboxylic acids is 1. The maximum absolute atomic E-state index is 12.2. The van der Waals surface area contributed by atoms with Crippen LogP contribution in [0.15, 0.2) is 24.3 Å². The van der Waals surface area contributed by atoms with Crippen LogP contribution >= 0.6 is 0 Å². The van der Waals surface area contributed by atoms with E-state index in [0.29, 0.717) is 12.6 Å². The molecule has 1 saturated carbocycles. The lowest BCUT2D eigenvalue weighted by Gasteiger charge is -2.21. The minimum atomic E-state index is 0.219. The molecule has 0 radical (unpaired) electrons. The van der Waals surface area contributed by atoms with E-state index >= 15 is 0 Å². The molecule has 1 aromatic carbocycles. The number of carbonyl (C=O) groups is 1. The molecular weight excluding hydrogens is 236 g/mol. The maximum Gasteiger partial charge on any atom is 0.242 e. The number of nitrogens with zero attached hydrogens (tertiary/aromatic N) is 1. The number of nitrogens with one attached hydrogen (secondary N) is 1. The zero-order valence-corrected chi connectivity index (χ0v) is 12.0. The fourth-order valence-corrected chi connectivity index (χ4v) is 2.48. The molecule has 3 heteroatoms. The normalized spacial score (nSPS) is 14.2. The first-order chi connectivity index (χ1) is 9.26. The van der Waals surface area contributed by atoms with Crippen molar-refractivity contribution in [1.29, 1.82) is 0 Å². The van der Waals surface area contributed by atoms with Crippen molar-refractivity contribution in [2.45, 2.75) is 45.6 Å². The van der Waals surface area contributed by atoms with Crippen molar-refractivity contribution in [3.8, 4) is 0 Å². The largest absolute Gasteiger partial charge is 0.376 e. The summed E-state index contributed by atoms with van der Waals surface area (Å²) in [5.74, 6) is 0.219. The Morgan fingerprint density at radius 3 is 2.68 bits per heavy atom. The number of aryl methyl sites for hydroxylation is 1. The van der Waals surface area contributed by atoms with Gasteiger partial charge in [-0.15, -0.1) is 0 Å². The number of hydrogen-bond donors (Lipinski definition) is 1. The van der Waals surface area contributed by atoms with E-state index in [1.807, 2.05) is 11.0 Å². The molecule has 19 heavy (non-hydrogen) atoms. The third-order valence-corrected chi connectivity index (χ3v) is 3.62. The van der Waals surface area contributed by atoms with Crippen molar-refractivity contribution in [2.24, 2.45) is 0 Å². The van der Waals surface area contributed by atoms with Gasteiger partial charge in [-0.05, 0) is 37.8 Å². The molecule has 1 fully saturated rings. The Hall–Kier alpha value is -1.51. The van der Waals surface area contributed by atoms with Gasteiger partial charge in [0.2, 0.25) is 5.91 Å². The summed E-state index contributed by atoms with van der Waals surface area (Å²) in [4.78, 5) is 14.2. The minimum absolute atomic E-state index is 0.219. The van der Waals surface area contributed by atoms with Crippen LogP contribution in [0.5, 0.6) is 0 Å². The minimum Gasteiger partial charge on any atom is -0.376 e. The van der Waals surface area contributed by atoms with E-state index < -0.39 is 0 Å². The monoisotopic (exact) mass is 260 g/mol. The van der Waals surface area contributed by atoms with Gasteiger partial charge in [-0.25, -0.2) is 0 Å². The zero-order chi connectivity index (χ0) is 13.7. The van der Waals surface area contributed by atoms with Gasteiger partial charge in [0.1, 0.15) is 0 Å². The number of para-hydroxylation sites is 1. The molecule has 0 heterocycles. The summed E-state index contributed by atoms with van der Waals surface area (Å²) in [6, 6.07) is 8.77. The third-order valence-electron chi connectivity index (χ3n) is 3.62. The van der Waals surface area contributed by atoms with Gasteiger partial charge in [0.05, 0.1) is 6.54 Å². The van der Waals surface area contributed by atoms with Crippen molar-refractivity contribution >= 4 is 11.6 Å². The molecule has 1 amide bonds. The number of rotatable bonds is 7. The van der Waals surface area contributed by atoms with E-state index in [4.69, 9.17) is 0 Å². The molecule has 0 spiro atoms. The number of hydrogen-bond acceptors (Lipinski definition) is 2. The average molecular weight is 260 g/mol. The summed E-state index contributed by atoms with van der Waals surface area (Å²) in [6.45, 7) is 5.46. The van der Waals surface area contributed by atoms with Crippen LogP contribution in [0.2, 0.25) is 0 Å². The molecule has 2 rings (SSSR count). The molecular formula is C16H24N2O. The summed E-state index contributed by atoms with van der Waals surface area (Å²) >= 11 is 0. The van der Waals surface area contributed by atoms with E-state index in [9.17, 15) is 4.79 Å². The highest BCUT2D eigenvalue weighted by Gasteiger charge is 2.30. The smallest absolute Gasteiger partial charge is 0.242 e. The van der Waals surface area contributed by atoms with Crippen LogP contribution in [0, 0.1) is 0 Å². The van der Waals surface area contributed by atoms with E-state index in [-0.39, 0.29) is 5.91 Å². The molecule has 1 aliphatic carbocycles. The first-order valence-corrected chi connectivity index (χ1v) is 7.37. The Morgan fingerprint density at radius 2 is 2.05 bits per heavy atom. The highest BCUT2D eigenvalue weighted by molar-refractivity contribution is 5.81. The second-order valence-electron chi connectivity index (χ2n) is 5.17. The molecule has 1 aliphatic rings. The number of anilines is 1. The van der Waals surface area contributed by atoms with Crippen LogP contribution < -0.4 is 5.32 Å². The SMILES string of the molecule is CCCc1ccccc1NCC(=O)N(CC)C1CC1. The van der Waals surface area contributed by atoms with E-state index in [1.165, 1.54) is 18.4 Å². The van der Waals surface area contributed by atoms with Crippen molar-refractivity contribution in [2.75, 3.05) is 18.4 Å². The van der Waals surface area contributed by atoms with Gasteiger partial charge < -0.3 is 10.2 Å². The topological polar surface area (TPSA) is 32.3 Å². The molecule has 0 aromatic heterocycles. The number of benzene rings is 1. The van der Waals surface area contributed by atoms with Gasteiger partial charge in [0, 0.05) is 18.3 Å². The lowest BCUT2D eigenvalue weighted by atomic mass is 10.1. The summed E-state index contributed by atoms with van der Waals surface area (Å²) in [7, 11) is 0. The van der Waals surface area contributed by atoms with Gasteiger partial charge in [-0.3, -0.25) is 4.79 Å². The summed E-state index contributed by atoms with van der Waals surface area (Å²) in [5.41, 5.74) is 2.40. The predicted molar refractivity (Wildman–Crippen MR) is 79.3 cm³/mol. The lowest BCUT2D eigenvalue weighted by Crippen LogP contribution is -2.37. The zero-order valence-electron chi connectivity index (χ0n) is 12.0. The Morgan fingerprint density at radius 1 is 1.32 bits per heavy atom. The number of likely N-dealkylation sites (N-methyl/N-ethyl adjacent to an activating group) is 1. The highest BCUT2D eigenvalue weighted by atomic mass is 16.2. The standard InChI is InChI=1S/C16H24N2O/c1-3-7-13-8-5-6-9-15(13)17-12-16(19)18(4-2)14-10-11-14/h5-6,8-9,14,17H,3-4,7,10-12H2,1-2H3. The summed E-state index contributed by atoms with van der Waals surface area (Å²) < 4.78 is 0. The van der Waals surface area contributed by atoms with E-state index in [2.05, 4.69) is 37.4 Å². The fourth-order valence-electron chi connectivity index (χ4n) is 2.48. The van der Waals surface area contributed by atoms with Crippen LogP contribution in [0.3, 0.4) is 0 Å². The first-order valence-electron chi connectivity index (χ1n) is 7.37. The van der Waals surface area contributed by atoms with Crippen molar-refractivity contribution < 1.29 is 4.79 Å². The molecule has 0 aliphatic heterocycles. The van der Waals surface area contributed by atoms with Crippen molar-refractivity contribution in [3.63, 3.8) is 0 Å². The van der Waals surface area contributed by atoms with Crippen molar-refractivity contribution in [1.82, 2.24) is 4.90 Å². The molecule has 1 aromatic rings. The second kappa shape index (κ2) is 6.60. The Labute approximate surface area is 116 Å². The molecule has 0 saturated heterocycles. The van der Waals surface area contributed by atoms with Crippen LogP contribution in [0.4, 0.5) is 5.69 Å². The fraction of sp³-hybridized carbons (Fsp3) is 0.562. The summed E-state index contributed by atoms with van der Waals surface area (Å²) in [6.07, 6.45) is 4.52. The van der Waals surface area contributed by atoms with Gasteiger partial charge >= 0.3 is 0 Å². The van der Waals surface area contributed by atoms with E-state index in [0.717, 1.165) is 25.1 Å². The maximum atomic E-state index is 12.2. The van der Waals surface area contributed by atoms with Crippen LogP contribution in [-0.2, 0) is 11.2 Å². The van der Waals surface area contributed by atoms with Crippen molar-refractivity contribution in [3.05, 3.63) is 29.8 Å². The molecule has 0 unspecified atom stereocenters. The molecule has 0 atom stereocenters. The molecule has 1 N–H and O–H groups in total. The average Bonchev–Trinajstić information content (AvgIpc) is 3.24. The molecule has 3 nitrogen and oxygen atoms in total. The van der Waals surface area contributed by atoms with Gasteiger partial charge in [-0.1, -0.05) is 31.5 Å².